The number of methoxy groups -OCH3 is 1. The molecule has 18 heavy (non-hydrogen) atoms. The van der Waals surface area contributed by atoms with E-state index >= 15 is 0 Å². The Labute approximate surface area is 109 Å². The lowest BCUT2D eigenvalue weighted by atomic mass is 10.2. The van der Waals surface area contributed by atoms with Gasteiger partial charge in [0.25, 0.3) is 0 Å². The molecule has 2 aromatic rings. The fourth-order valence-corrected chi connectivity index (χ4v) is 1.84. The van der Waals surface area contributed by atoms with Gasteiger partial charge in [0.1, 0.15) is 5.56 Å². The summed E-state index contributed by atoms with van der Waals surface area (Å²) in [5.74, 6) is -1.03. The molecule has 0 spiro atoms. The summed E-state index contributed by atoms with van der Waals surface area (Å²) in [6.45, 7) is 0.161. The van der Waals surface area contributed by atoms with Gasteiger partial charge in [-0.15, -0.1) is 0 Å². The Balaban J connectivity index is 2.54. The highest BCUT2D eigenvalue weighted by Gasteiger charge is 2.17. The zero-order chi connectivity index (χ0) is 13.1. The van der Waals surface area contributed by atoms with E-state index in [2.05, 4.69) is 5.10 Å². The highest BCUT2D eigenvalue weighted by molar-refractivity contribution is 6.30. The normalized spacial score (nSPS) is 10.6. The Bertz CT molecular complexity index is 580. The number of carboxylic acid groups (broad SMARTS) is 1. The van der Waals surface area contributed by atoms with Gasteiger partial charge in [-0.25, -0.2) is 9.48 Å². The van der Waals surface area contributed by atoms with Crippen LogP contribution in [-0.4, -0.2) is 28.0 Å². The number of halogens is 1. The van der Waals surface area contributed by atoms with Crippen LogP contribution in [0.15, 0.2) is 30.5 Å². The molecule has 0 amide bonds. The maximum absolute atomic E-state index is 11.1. The van der Waals surface area contributed by atoms with Crippen LogP contribution >= 0.6 is 11.6 Å². The van der Waals surface area contributed by atoms with Crippen molar-refractivity contribution in [3.8, 4) is 5.69 Å². The number of ether oxygens (including phenoxy) is 1. The van der Waals surface area contributed by atoms with Crippen LogP contribution in [0, 0.1) is 0 Å². The van der Waals surface area contributed by atoms with Crippen molar-refractivity contribution >= 4 is 17.6 Å². The van der Waals surface area contributed by atoms with E-state index in [9.17, 15) is 4.79 Å². The lowest BCUT2D eigenvalue weighted by Gasteiger charge is -2.08. The molecule has 0 unspecified atom stereocenters. The third-order valence-electron chi connectivity index (χ3n) is 2.43. The van der Waals surface area contributed by atoms with Crippen molar-refractivity contribution in [1.82, 2.24) is 9.78 Å². The Morgan fingerprint density at radius 2 is 2.33 bits per heavy atom. The van der Waals surface area contributed by atoms with E-state index < -0.39 is 5.97 Å². The molecule has 0 atom stereocenters. The molecular weight excluding hydrogens is 256 g/mol. The van der Waals surface area contributed by atoms with Crippen LogP contribution in [0.2, 0.25) is 5.02 Å². The smallest absolute Gasteiger partial charge is 0.339 e. The predicted octanol–water partition coefficient (Wildman–Crippen LogP) is 2.37. The molecule has 0 aliphatic rings. The van der Waals surface area contributed by atoms with Gasteiger partial charge in [-0.2, -0.15) is 5.10 Å². The van der Waals surface area contributed by atoms with Crippen molar-refractivity contribution in [3.63, 3.8) is 0 Å². The molecule has 5 nitrogen and oxygen atoms in total. The standard InChI is InChI=1S/C12H11ClN2O3/c1-18-7-11-10(12(16)17)6-14-15(11)9-4-2-3-8(13)5-9/h2-6H,7H2,1H3,(H,16,17). The van der Waals surface area contributed by atoms with E-state index in [4.69, 9.17) is 21.4 Å². The maximum atomic E-state index is 11.1. The molecule has 6 heteroatoms. The maximum Gasteiger partial charge on any atom is 0.339 e. The van der Waals surface area contributed by atoms with E-state index in [0.29, 0.717) is 16.4 Å². The molecule has 1 aromatic heterocycles. The summed E-state index contributed by atoms with van der Waals surface area (Å²) >= 11 is 5.90. The molecule has 2 rings (SSSR count). The predicted molar refractivity (Wildman–Crippen MR) is 66.2 cm³/mol. The average molecular weight is 267 g/mol. The van der Waals surface area contributed by atoms with Crippen LogP contribution in [0.1, 0.15) is 16.1 Å². The van der Waals surface area contributed by atoms with Crippen molar-refractivity contribution in [1.29, 1.82) is 0 Å². The summed E-state index contributed by atoms with van der Waals surface area (Å²) in [6.07, 6.45) is 1.30. The van der Waals surface area contributed by atoms with Crippen LogP contribution < -0.4 is 0 Å². The van der Waals surface area contributed by atoms with Crippen LogP contribution in [-0.2, 0) is 11.3 Å². The SMILES string of the molecule is COCc1c(C(=O)O)cnn1-c1cccc(Cl)c1. The molecule has 0 bridgehead atoms. The van der Waals surface area contributed by atoms with Crippen molar-refractivity contribution < 1.29 is 14.6 Å². The van der Waals surface area contributed by atoms with Crippen molar-refractivity contribution in [2.45, 2.75) is 6.61 Å². The first-order chi connectivity index (χ1) is 8.63. The van der Waals surface area contributed by atoms with E-state index in [1.165, 1.54) is 18.0 Å². The summed E-state index contributed by atoms with van der Waals surface area (Å²) in [5.41, 5.74) is 1.30. The minimum absolute atomic E-state index is 0.122. The fraction of sp³-hybridized carbons (Fsp3) is 0.167. The summed E-state index contributed by atoms with van der Waals surface area (Å²) < 4.78 is 6.53. The molecule has 1 N–H and O–H groups in total. The second-order valence-corrected chi connectivity index (χ2v) is 4.07. The van der Waals surface area contributed by atoms with Gasteiger partial charge in [-0.1, -0.05) is 17.7 Å². The van der Waals surface area contributed by atoms with Crippen LogP contribution in [0.25, 0.3) is 5.69 Å². The number of benzene rings is 1. The average Bonchev–Trinajstić information content (AvgIpc) is 2.73. The van der Waals surface area contributed by atoms with Gasteiger partial charge in [0.15, 0.2) is 0 Å². The Hall–Kier alpha value is -1.85. The molecule has 94 valence electrons. The quantitative estimate of drug-likeness (QED) is 0.923. The van der Waals surface area contributed by atoms with Gasteiger partial charge in [0, 0.05) is 12.1 Å². The summed E-state index contributed by atoms with van der Waals surface area (Å²) in [4.78, 5) is 11.1. The third kappa shape index (κ3) is 2.37. The molecule has 0 radical (unpaired) electrons. The molecule has 1 aromatic carbocycles. The number of carbonyl (C=O) groups is 1. The summed E-state index contributed by atoms with van der Waals surface area (Å²) in [7, 11) is 1.50. The Morgan fingerprint density at radius 3 is 2.94 bits per heavy atom. The number of nitrogens with zero attached hydrogens (tertiary/aromatic N) is 2. The first-order valence-corrected chi connectivity index (χ1v) is 5.56. The van der Waals surface area contributed by atoms with Crippen LogP contribution in [0.4, 0.5) is 0 Å². The molecule has 1 heterocycles. The summed E-state index contributed by atoms with van der Waals surface area (Å²) in [6, 6.07) is 7.02. The molecule has 0 aliphatic carbocycles. The zero-order valence-corrected chi connectivity index (χ0v) is 10.4. The van der Waals surface area contributed by atoms with Crippen molar-refractivity contribution in [2.24, 2.45) is 0 Å². The zero-order valence-electron chi connectivity index (χ0n) is 9.63. The van der Waals surface area contributed by atoms with Crippen molar-refractivity contribution in [3.05, 3.63) is 46.7 Å². The second kappa shape index (κ2) is 5.20. The molecule has 0 saturated carbocycles. The highest BCUT2D eigenvalue weighted by atomic mass is 35.5. The first-order valence-electron chi connectivity index (χ1n) is 5.18. The topological polar surface area (TPSA) is 64.3 Å². The number of aromatic nitrogens is 2. The van der Waals surface area contributed by atoms with E-state index in [-0.39, 0.29) is 12.2 Å². The van der Waals surface area contributed by atoms with Crippen LogP contribution in [0.3, 0.4) is 0 Å². The number of hydrogen-bond acceptors (Lipinski definition) is 3. The minimum Gasteiger partial charge on any atom is -0.478 e. The summed E-state index contributed by atoms with van der Waals surface area (Å²) in [5, 5.41) is 13.7. The number of carboxylic acids is 1. The number of rotatable bonds is 4. The molecular formula is C12H11ClN2O3. The Kier molecular flexibility index (Phi) is 3.64. The van der Waals surface area contributed by atoms with E-state index in [1.54, 1.807) is 24.3 Å². The minimum atomic E-state index is -1.03. The fourth-order valence-electron chi connectivity index (χ4n) is 1.66. The van der Waals surface area contributed by atoms with Gasteiger partial charge in [0.2, 0.25) is 0 Å². The third-order valence-corrected chi connectivity index (χ3v) is 2.67. The molecule has 0 aliphatic heterocycles. The van der Waals surface area contributed by atoms with Gasteiger partial charge in [0.05, 0.1) is 24.2 Å². The Morgan fingerprint density at radius 1 is 1.56 bits per heavy atom. The molecule has 0 fully saturated rings. The number of aromatic carboxylic acids is 1. The second-order valence-electron chi connectivity index (χ2n) is 3.63. The highest BCUT2D eigenvalue weighted by Crippen LogP contribution is 2.19. The van der Waals surface area contributed by atoms with E-state index in [1.807, 2.05) is 0 Å². The van der Waals surface area contributed by atoms with Crippen molar-refractivity contribution in [2.75, 3.05) is 7.11 Å². The van der Waals surface area contributed by atoms with Gasteiger partial charge in [-0.3, -0.25) is 0 Å². The van der Waals surface area contributed by atoms with Crippen LogP contribution in [0.5, 0.6) is 0 Å². The van der Waals surface area contributed by atoms with Gasteiger partial charge in [-0.05, 0) is 18.2 Å². The lowest BCUT2D eigenvalue weighted by molar-refractivity contribution is 0.0691. The lowest BCUT2D eigenvalue weighted by Crippen LogP contribution is -2.07. The largest absolute Gasteiger partial charge is 0.478 e. The first kappa shape index (κ1) is 12.6. The number of hydrogen-bond donors (Lipinski definition) is 1. The van der Waals surface area contributed by atoms with Gasteiger partial charge < -0.3 is 9.84 Å². The van der Waals surface area contributed by atoms with Gasteiger partial charge >= 0.3 is 5.97 Å². The van der Waals surface area contributed by atoms with E-state index in [0.717, 1.165) is 0 Å². The molecule has 0 saturated heterocycles. The monoisotopic (exact) mass is 266 g/mol.